The van der Waals surface area contributed by atoms with Crippen molar-refractivity contribution in [3.63, 3.8) is 0 Å². The molecule has 0 bridgehead atoms. The average molecular weight is 681 g/mol. The quantitative estimate of drug-likeness (QED) is 0.112. The molecule has 0 fully saturated rings. The van der Waals surface area contributed by atoms with Crippen molar-refractivity contribution in [3.8, 4) is 28.0 Å². The van der Waals surface area contributed by atoms with E-state index in [0.717, 1.165) is 50.4 Å². The standard InChI is InChI=1S/C50H36N2O/c1-51-50-44-19-8-5-15-37(44)27-32-49(50)53-34-35-23-28-40(29-24-35)52(48-22-12-11-18-43(48)36-13-3-2-4-14-36)41-30-25-38(26-31-41)47-33-39-16-6-7-17-42(39)45-20-9-10-21-46(45)47/h2-33H,1,34H2. The third kappa shape index (κ3) is 6.09. The molecule has 252 valence electrons. The number of fused-ring (bicyclic) bond motifs is 4. The number of hydrogen-bond acceptors (Lipinski definition) is 3. The zero-order valence-corrected chi connectivity index (χ0v) is 29.2. The van der Waals surface area contributed by atoms with Crippen molar-refractivity contribution in [2.75, 3.05) is 4.90 Å². The molecule has 3 heteroatoms. The molecule has 0 aliphatic heterocycles. The van der Waals surface area contributed by atoms with Crippen molar-refractivity contribution in [1.29, 1.82) is 0 Å². The van der Waals surface area contributed by atoms with E-state index in [0.29, 0.717) is 6.61 Å². The third-order valence-corrected chi connectivity index (χ3v) is 10.0. The molecule has 53 heavy (non-hydrogen) atoms. The summed E-state index contributed by atoms with van der Waals surface area (Å²) in [5.74, 6) is 0.723. The fraction of sp³-hybridized carbons (Fsp3) is 0.0200. The number of para-hydroxylation sites is 1. The molecule has 9 aromatic rings. The number of rotatable bonds is 9. The molecule has 9 aromatic carbocycles. The molecule has 0 amide bonds. The molecular weight excluding hydrogens is 645 g/mol. The number of aliphatic imine (C=N–C) groups is 1. The van der Waals surface area contributed by atoms with Crippen LogP contribution in [0.1, 0.15) is 5.56 Å². The van der Waals surface area contributed by atoms with Gasteiger partial charge in [0.1, 0.15) is 18.0 Å². The van der Waals surface area contributed by atoms with Gasteiger partial charge in [-0.25, -0.2) is 0 Å². The molecule has 3 nitrogen and oxygen atoms in total. The minimum absolute atomic E-state index is 0.413. The average Bonchev–Trinajstić information content (AvgIpc) is 3.23. The Bertz CT molecular complexity index is 2740. The number of benzene rings is 9. The van der Waals surface area contributed by atoms with Gasteiger partial charge in [-0.3, -0.25) is 4.99 Å². The van der Waals surface area contributed by atoms with Crippen LogP contribution in [0.15, 0.2) is 199 Å². The van der Waals surface area contributed by atoms with E-state index in [9.17, 15) is 0 Å². The van der Waals surface area contributed by atoms with Crippen molar-refractivity contribution in [1.82, 2.24) is 0 Å². The van der Waals surface area contributed by atoms with Crippen molar-refractivity contribution in [3.05, 3.63) is 200 Å². The Morgan fingerprint density at radius 2 is 1.04 bits per heavy atom. The van der Waals surface area contributed by atoms with E-state index in [1.54, 1.807) is 0 Å². The summed E-state index contributed by atoms with van der Waals surface area (Å²) in [6.07, 6.45) is 0. The summed E-state index contributed by atoms with van der Waals surface area (Å²) in [6.45, 7) is 4.24. The van der Waals surface area contributed by atoms with Crippen molar-refractivity contribution < 1.29 is 4.74 Å². The Morgan fingerprint density at radius 1 is 0.453 bits per heavy atom. The second-order valence-corrected chi connectivity index (χ2v) is 13.2. The maximum Gasteiger partial charge on any atom is 0.146 e. The molecule has 0 N–H and O–H groups in total. The molecule has 0 unspecified atom stereocenters. The predicted octanol–water partition coefficient (Wildman–Crippen LogP) is 13.9. The summed E-state index contributed by atoms with van der Waals surface area (Å²) in [6, 6.07) is 68.7. The van der Waals surface area contributed by atoms with Gasteiger partial charge in [0.05, 0.1) is 5.69 Å². The van der Waals surface area contributed by atoms with Gasteiger partial charge in [0, 0.05) is 22.3 Å². The molecule has 0 atom stereocenters. The summed E-state index contributed by atoms with van der Waals surface area (Å²) in [5, 5.41) is 7.18. The molecule has 0 aliphatic carbocycles. The molecule has 0 spiro atoms. The van der Waals surface area contributed by atoms with Gasteiger partial charge in [0.25, 0.3) is 0 Å². The van der Waals surface area contributed by atoms with Crippen LogP contribution in [-0.4, -0.2) is 6.72 Å². The van der Waals surface area contributed by atoms with E-state index < -0.39 is 0 Å². The molecule has 0 saturated carbocycles. The van der Waals surface area contributed by atoms with Crippen LogP contribution >= 0.6 is 0 Å². The monoisotopic (exact) mass is 680 g/mol. The first-order valence-electron chi connectivity index (χ1n) is 17.9. The zero-order chi connectivity index (χ0) is 35.6. The van der Waals surface area contributed by atoms with Crippen molar-refractivity contribution in [2.24, 2.45) is 4.99 Å². The van der Waals surface area contributed by atoms with E-state index in [1.165, 1.54) is 38.2 Å². The predicted molar refractivity (Wildman–Crippen MR) is 224 cm³/mol. The highest BCUT2D eigenvalue weighted by atomic mass is 16.5. The fourth-order valence-electron chi connectivity index (χ4n) is 7.46. The van der Waals surface area contributed by atoms with Crippen LogP contribution < -0.4 is 9.64 Å². The lowest BCUT2D eigenvalue weighted by Crippen LogP contribution is -2.11. The topological polar surface area (TPSA) is 24.8 Å². The Labute approximate surface area is 309 Å². The number of nitrogens with zero attached hydrogens (tertiary/aromatic N) is 2. The summed E-state index contributed by atoms with van der Waals surface area (Å²) in [5.41, 5.74) is 9.79. The second kappa shape index (κ2) is 14.0. The summed E-state index contributed by atoms with van der Waals surface area (Å²) < 4.78 is 6.33. The van der Waals surface area contributed by atoms with Gasteiger partial charge in [-0.15, -0.1) is 0 Å². The smallest absolute Gasteiger partial charge is 0.146 e. The lowest BCUT2D eigenvalue weighted by molar-refractivity contribution is 0.308. The van der Waals surface area contributed by atoms with Crippen LogP contribution in [0.5, 0.6) is 5.75 Å². The van der Waals surface area contributed by atoms with Crippen LogP contribution in [0, 0.1) is 0 Å². The van der Waals surface area contributed by atoms with E-state index in [-0.39, 0.29) is 0 Å². The van der Waals surface area contributed by atoms with Gasteiger partial charge in [0.2, 0.25) is 0 Å². The first kappa shape index (κ1) is 32.0. The largest absolute Gasteiger partial charge is 0.487 e. The molecule has 0 heterocycles. The van der Waals surface area contributed by atoms with Crippen molar-refractivity contribution >= 4 is 61.8 Å². The maximum atomic E-state index is 6.33. The van der Waals surface area contributed by atoms with E-state index in [1.807, 2.05) is 18.2 Å². The number of ether oxygens (including phenoxy) is 1. The summed E-state index contributed by atoms with van der Waals surface area (Å²) in [7, 11) is 0. The number of anilines is 3. The van der Waals surface area contributed by atoms with Gasteiger partial charge in [-0.2, -0.15) is 0 Å². The third-order valence-electron chi connectivity index (χ3n) is 10.0. The normalized spacial score (nSPS) is 11.2. The molecule has 0 aliphatic rings. The van der Waals surface area contributed by atoms with Crippen LogP contribution in [0.25, 0.3) is 54.6 Å². The van der Waals surface area contributed by atoms with Crippen LogP contribution in [0.4, 0.5) is 22.7 Å². The van der Waals surface area contributed by atoms with Gasteiger partial charge in [0.15, 0.2) is 0 Å². The van der Waals surface area contributed by atoms with E-state index in [2.05, 4.69) is 193 Å². The van der Waals surface area contributed by atoms with Crippen LogP contribution in [0.2, 0.25) is 0 Å². The highest BCUT2D eigenvalue weighted by Gasteiger charge is 2.18. The Morgan fingerprint density at radius 3 is 1.79 bits per heavy atom. The molecule has 0 aromatic heterocycles. The van der Waals surface area contributed by atoms with E-state index >= 15 is 0 Å². The lowest BCUT2D eigenvalue weighted by atomic mass is 9.93. The molecule has 9 rings (SSSR count). The van der Waals surface area contributed by atoms with E-state index in [4.69, 9.17) is 4.74 Å². The van der Waals surface area contributed by atoms with Gasteiger partial charge >= 0.3 is 0 Å². The minimum Gasteiger partial charge on any atom is -0.487 e. The Kier molecular flexibility index (Phi) is 8.43. The minimum atomic E-state index is 0.413. The maximum absolute atomic E-state index is 6.33. The molecule has 0 radical (unpaired) electrons. The summed E-state index contributed by atoms with van der Waals surface area (Å²) >= 11 is 0. The zero-order valence-electron chi connectivity index (χ0n) is 29.2. The summed E-state index contributed by atoms with van der Waals surface area (Å²) in [4.78, 5) is 6.67. The SMILES string of the molecule is C=Nc1c(OCc2ccc(N(c3ccc(-c4cc5ccccc5c5ccccc45)cc3)c3ccccc3-c3ccccc3)cc2)ccc2ccccc12. The Balaban J connectivity index is 1.09. The van der Waals surface area contributed by atoms with Crippen molar-refractivity contribution in [2.45, 2.75) is 6.61 Å². The van der Waals surface area contributed by atoms with Gasteiger partial charge in [-0.1, -0.05) is 152 Å². The Hall–Kier alpha value is -6.97. The van der Waals surface area contributed by atoms with Gasteiger partial charge in [-0.05, 0) is 98.4 Å². The van der Waals surface area contributed by atoms with Gasteiger partial charge < -0.3 is 9.64 Å². The fourth-order valence-corrected chi connectivity index (χ4v) is 7.46. The van der Waals surface area contributed by atoms with Crippen LogP contribution in [0.3, 0.4) is 0 Å². The second-order valence-electron chi connectivity index (χ2n) is 13.2. The van der Waals surface area contributed by atoms with Crippen LogP contribution in [-0.2, 0) is 6.61 Å². The number of hydrogen-bond donors (Lipinski definition) is 0. The first-order chi connectivity index (χ1) is 26.2. The lowest BCUT2D eigenvalue weighted by Gasteiger charge is -2.28. The highest BCUT2D eigenvalue weighted by molar-refractivity contribution is 6.13. The molecule has 0 saturated heterocycles. The molecular formula is C50H36N2O. The first-order valence-corrected chi connectivity index (χ1v) is 17.9. The highest BCUT2D eigenvalue weighted by Crippen LogP contribution is 2.43.